The average molecular weight is 1300 g/mol. The largest absolute Gasteiger partial charge is 0.481 e. The van der Waals surface area contributed by atoms with Crippen LogP contribution in [0.2, 0.25) is 0 Å². The van der Waals surface area contributed by atoms with Crippen LogP contribution in [0.5, 0.6) is 0 Å². The second-order valence-electron chi connectivity index (χ2n) is 21.6. The van der Waals surface area contributed by atoms with Crippen LogP contribution in [0.15, 0.2) is 65.7 Å². The number of benzene rings is 2. The number of guanidine groups is 1. The zero-order chi connectivity index (χ0) is 68.7. The highest BCUT2D eigenvalue weighted by Crippen LogP contribution is 2.12. The van der Waals surface area contributed by atoms with Gasteiger partial charge in [0, 0.05) is 25.8 Å². The van der Waals surface area contributed by atoms with Crippen LogP contribution < -0.4 is 93.7 Å². The molecule has 0 fully saturated rings. The lowest BCUT2D eigenvalue weighted by Crippen LogP contribution is -2.61. The van der Waals surface area contributed by atoms with Crippen molar-refractivity contribution in [2.45, 2.75) is 170 Å². The lowest BCUT2D eigenvalue weighted by atomic mass is 10.0. The summed E-state index contributed by atoms with van der Waals surface area (Å²) in [6.07, 6.45) is -1.49. The minimum atomic E-state index is -1.97. The van der Waals surface area contributed by atoms with Gasteiger partial charge < -0.3 is 109 Å². The number of carboxylic acids is 2. The van der Waals surface area contributed by atoms with Crippen molar-refractivity contribution in [3.63, 3.8) is 0 Å². The van der Waals surface area contributed by atoms with Gasteiger partial charge in [0.15, 0.2) is 5.96 Å². The van der Waals surface area contributed by atoms with Crippen LogP contribution in [0.25, 0.3) is 0 Å². The van der Waals surface area contributed by atoms with Gasteiger partial charge in [-0.25, -0.2) is 4.79 Å². The van der Waals surface area contributed by atoms with E-state index in [1.54, 1.807) is 60.7 Å². The molecule has 0 radical (unpaired) electrons. The summed E-state index contributed by atoms with van der Waals surface area (Å²) in [5.74, 6) is -15.0. The zero-order valence-corrected chi connectivity index (χ0v) is 51.3. The number of primary amides is 2. The van der Waals surface area contributed by atoms with Crippen LogP contribution in [-0.2, 0) is 75.2 Å². The lowest BCUT2D eigenvalue weighted by molar-refractivity contribution is -0.142. The number of amides is 11. The van der Waals surface area contributed by atoms with Gasteiger partial charge in [0.25, 0.3) is 0 Å². The summed E-state index contributed by atoms with van der Waals surface area (Å²) >= 11 is 0. The Bertz CT molecular complexity index is 2780. The van der Waals surface area contributed by atoms with E-state index in [0.29, 0.717) is 43.4 Å². The SMILES string of the molecule is NCCCCC(N)C(=O)NC(Cc1ccccc1)C(=O)NC(CO)C(=O)NC(CCCCN)C(=O)NC(CCCCN)C(=O)NC(Cc1ccccc1)C(=O)NC(CC(N)=O)C(=O)NC(CCC(=O)O)C(=O)NC(CC(N)=O)C(=O)NC(CCCN=C(N)N)C(=O)O. The van der Waals surface area contributed by atoms with Crippen LogP contribution in [-0.4, -0.2) is 191 Å². The third kappa shape index (κ3) is 31.4. The third-order valence-corrected chi connectivity index (χ3v) is 14.0. The summed E-state index contributed by atoms with van der Waals surface area (Å²) in [7, 11) is 0. The van der Waals surface area contributed by atoms with Crippen molar-refractivity contribution >= 4 is 82.9 Å². The highest BCUT2D eigenvalue weighted by Gasteiger charge is 2.37. The molecule has 0 heterocycles. The van der Waals surface area contributed by atoms with Gasteiger partial charge in [0.2, 0.25) is 65.0 Å². The Morgan fingerprint density at radius 1 is 0.391 bits per heavy atom. The van der Waals surface area contributed by atoms with Gasteiger partial charge in [-0.05, 0) is 101 Å². The summed E-state index contributed by atoms with van der Waals surface area (Å²) in [6, 6.07) is 0.777. The molecule has 2 rings (SSSR count). The highest BCUT2D eigenvalue weighted by atomic mass is 16.4. The van der Waals surface area contributed by atoms with Gasteiger partial charge >= 0.3 is 11.9 Å². The van der Waals surface area contributed by atoms with E-state index < -0.39 is 170 Å². The molecule has 92 heavy (non-hydrogen) atoms. The molecule has 0 spiro atoms. The lowest BCUT2D eigenvalue weighted by Gasteiger charge is -2.28. The van der Waals surface area contributed by atoms with E-state index >= 15 is 0 Å². The third-order valence-electron chi connectivity index (χ3n) is 14.0. The Hall–Kier alpha value is -9.38. The predicted molar refractivity (Wildman–Crippen MR) is 333 cm³/mol. The van der Waals surface area contributed by atoms with Gasteiger partial charge in [-0.2, -0.15) is 0 Å². The van der Waals surface area contributed by atoms with Crippen molar-refractivity contribution in [3.05, 3.63) is 71.8 Å². The smallest absolute Gasteiger partial charge is 0.326 e. The summed E-state index contributed by atoms with van der Waals surface area (Å²) in [4.78, 5) is 178. The standard InChI is InChI=1S/C58H92N18O16/c59-24-10-7-18-35(62)48(82)72-40(28-33-14-3-1-4-15-33)53(87)76-44(32-77)56(90)69-36(19-8-11-25-60)49(83)68-37(20-9-12-26-61)50(84)73-41(29-34-16-5-2-6-17-34)52(86)75-42(30-45(63)78)54(88)70-38(22-23-47(80)81)51(85)74-43(31-46(64)79)55(89)71-39(57(91)92)21-13-27-67-58(65)66/h1-6,14-17,35-44,77H,7-13,18-32,59-62H2,(H2,63,78)(H2,64,79)(H,68,83)(H,69,90)(H,70,88)(H,71,89)(H,72,82)(H,73,84)(H,74,85)(H,75,86)(H,76,87)(H,80,81)(H,91,92)(H4,65,66,67). The van der Waals surface area contributed by atoms with Crippen molar-refractivity contribution in [3.8, 4) is 0 Å². The molecule has 0 saturated heterocycles. The topological polar surface area (TPSA) is 611 Å². The van der Waals surface area contributed by atoms with Gasteiger partial charge in [0.05, 0.1) is 25.5 Å². The number of nitrogens with two attached hydrogens (primary N) is 8. The second-order valence-corrected chi connectivity index (χ2v) is 21.6. The molecular weight excluding hydrogens is 1200 g/mol. The number of carbonyl (C=O) groups is 13. The summed E-state index contributed by atoms with van der Waals surface area (Å²) < 4.78 is 0. The molecule has 10 unspecified atom stereocenters. The number of aliphatic imine (C=N–C) groups is 1. The molecule has 0 aliphatic rings. The fourth-order valence-electron chi connectivity index (χ4n) is 9.05. The fraction of sp³-hybridized carbons (Fsp3) is 0.552. The van der Waals surface area contributed by atoms with E-state index in [2.05, 4.69) is 52.8 Å². The van der Waals surface area contributed by atoms with Crippen LogP contribution in [0.3, 0.4) is 0 Å². The number of nitrogens with one attached hydrogen (secondary N) is 9. The minimum absolute atomic E-state index is 0.0249. The number of aliphatic hydroxyl groups excluding tert-OH is 1. The van der Waals surface area contributed by atoms with Gasteiger partial charge in [-0.3, -0.25) is 62.5 Å². The number of hydrogen-bond acceptors (Lipinski definition) is 19. The second kappa shape index (κ2) is 43.4. The zero-order valence-electron chi connectivity index (χ0n) is 51.3. The molecule has 510 valence electrons. The molecule has 0 bridgehead atoms. The van der Waals surface area contributed by atoms with Crippen molar-refractivity contribution in [2.75, 3.05) is 32.8 Å². The average Bonchev–Trinajstić information content (AvgIpc) is 3.20. The van der Waals surface area contributed by atoms with E-state index in [1.807, 2.05) is 0 Å². The Morgan fingerprint density at radius 2 is 0.717 bits per heavy atom. The minimum Gasteiger partial charge on any atom is -0.481 e. The molecule has 28 N–H and O–H groups in total. The maximum atomic E-state index is 14.5. The molecule has 0 saturated carbocycles. The number of aliphatic hydroxyl groups is 1. The number of carboxylic acid groups (broad SMARTS) is 2. The summed E-state index contributed by atoms with van der Waals surface area (Å²) in [5, 5.41) is 51.5. The maximum absolute atomic E-state index is 14.5. The van der Waals surface area contributed by atoms with Crippen LogP contribution in [0.1, 0.15) is 107 Å². The monoisotopic (exact) mass is 1300 g/mol. The molecule has 34 nitrogen and oxygen atoms in total. The number of unbranched alkanes of at least 4 members (excludes halogenated alkanes) is 3. The van der Waals surface area contributed by atoms with Gasteiger partial charge in [-0.1, -0.05) is 67.1 Å². The molecular formula is C58H92N18O16. The number of nitrogens with zero attached hydrogens (tertiary/aromatic N) is 1. The molecule has 0 aromatic heterocycles. The maximum Gasteiger partial charge on any atom is 0.326 e. The number of hydrogen-bond donors (Lipinski definition) is 20. The Labute approximate surface area is 531 Å². The Morgan fingerprint density at radius 3 is 1.10 bits per heavy atom. The van der Waals surface area contributed by atoms with E-state index in [4.69, 9.17) is 45.9 Å². The molecule has 10 atom stereocenters. The van der Waals surface area contributed by atoms with Crippen molar-refractivity contribution in [2.24, 2.45) is 50.9 Å². The van der Waals surface area contributed by atoms with Gasteiger partial charge in [0.1, 0.15) is 54.4 Å². The highest BCUT2D eigenvalue weighted by molar-refractivity contribution is 6.00. The van der Waals surface area contributed by atoms with E-state index in [0.717, 1.165) is 0 Å². The van der Waals surface area contributed by atoms with Crippen LogP contribution >= 0.6 is 0 Å². The first-order chi connectivity index (χ1) is 43.7. The molecule has 2 aromatic carbocycles. The number of rotatable bonds is 47. The summed E-state index contributed by atoms with van der Waals surface area (Å²) in [6.45, 7) is -0.272. The van der Waals surface area contributed by atoms with E-state index in [-0.39, 0.29) is 83.4 Å². The first-order valence-corrected chi connectivity index (χ1v) is 30.1. The Kier molecular flexibility index (Phi) is 37.1. The Balaban J connectivity index is 2.51. The molecule has 34 heteroatoms. The van der Waals surface area contributed by atoms with E-state index in [1.165, 1.54) is 0 Å². The van der Waals surface area contributed by atoms with Crippen LogP contribution in [0.4, 0.5) is 0 Å². The van der Waals surface area contributed by atoms with E-state index in [9.17, 15) is 77.6 Å². The van der Waals surface area contributed by atoms with Crippen molar-refractivity contribution < 1.29 is 77.6 Å². The quantitative estimate of drug-likeness (QED) is 0.0166. The fourth-order valence-corrected chi connectivity index (χ4v) is 9.05. The number of carbonyl (C=O) groups excluding carboxylic acids is 11. The van der Waals surface area contributed by atoms with Crippen LogP contribution in [0, 0.1) is 0 Å². The molecule has 2 aromatic rings. The summed E-state index contributed by atoms with van der Waals surface area (Å²) in [5.41, 5.74) is 45.8. The number of aliphatic carboxylic acids is 2. The molecule has 11 amide bonds. The molecule has 0 aliphatic carbocycles. The van der Waals surface area contributed by atoms with Crippen molar-refractivity contribution in [1.29, 1.82) is 0 Å². The first-order valence-electron chi connectivity index (χ1n) is 30.1. The molecule has 0 aliphatic heterocycles. The normalized spacial score (nSPS) is 14.2. The first kappa shape index (κ1) is 78.7. The predicted octanol–water partition coefficient (Wildman–Crippen LogP) is -6.70. The van der Waals surface area contributed by atoms with Gasteiger partial charge in [-0.15, -0.1) is 0 Å². The van der Waals surface area contributed by atoms with Crippen molar-refractivity contribution in [1.82, 2.24) is 47.9 Å².